The highest BCUT2D eigenvalue weighted by Gasteiger charge is 2.60. The van der Waals surface area contributed by atoms with Crippen LogP contribution in [0.5, 0.6) is 0 Å². The summed E-state index contributed by atoms with van der Waals surface area (Å²) in [4.78, 5) is 21.9. The maximum Gasteiger partial charge on any atom is 0.243 e. The van der Waals surface area contributed by atoms with Crippen molar-refractivity contribution in [3.05, 3.63) is 60.4 Å². The Kier molecular flexibility index (Phi) is 5.11. The molecule has 3 fully saturated rings. The molecule has 0 N–H and O–H groups in total. The van der Waals surface area contributed by atoms with Crippen molar-refractivity contribution < 1.29 is 13.2 Å². The second-order valence-corrected chi connectivity index (χ2v) is 10.9. The lowest BCUT2D eigenvalue weighted by Crippen LogP contribution is -2.56. The summed E-state index contributed by atoms with van der Waals surface area (Å²) in [5.41, 5.74) is 0.898. The molecule has 0 bridgehead atoms. The van der Waals surface area contributed by atoms with Gasteiger partial charge < -0.3 is 4.90 Å². The largest absolute Gasteiger partial charge is 0.339 e. The monoisotopic (exact) mass is 440 g/mol. The van der Waals surface area contributed by atoms with Crippen molar-refractivity contribution in [2.75, 3.05) is 33.2 Å². The molecule has 3 aliphatic heterocycles. The quantitative estimate of drug-likeness (QED) is 0.725. The van der Waals surface area contributed by atoms with Gasteiger partial charge in [0, 0.05) is 63.6 Å². The molecule has 1 amide bonds. The van der Waals surface area contributed by atoms with Crippen LogP contribution in [0.3, 0.4) is 0 Å². The zero-order valence-corrected chi connectivity index (χ0v) is 18.5. The number of carbonyl (C=O) groups is 1. The molecule has 8 heteroatoms. The maximum absolute atomic E-state index is 13.1. The number of hydrogen-bond acceptors (Lipinski definition) is 5. The topological polar surface area (TPSA) is 73.8 Å². The molecule has 0 unspecified atom stereocenters. The zero-order chi connectivity index (χ0) is 21.6. The third-order valence-electron chi connectivity index (χ3n) is 7.50. The van der Waals surface area contributed by atoms with Crippen molar-refractivity contribution in [2.24, 2.45) is 11.8 Å². The van der Waals surface area contributed by atoms with Gasteiger partial charge >= 0.3 is 0 Å². The summed E-state index contributed by atoms with van der Waals surface area (Å²) in [5, 5.41) is 0. The number of fused-ring (bicyclic) bond motifs is 2. The SMILES string of the molecule is CN1C(=O)[C@H]2CN(Cc3cccnc3)C[C@H]2C12CCN(S(=O)(=O)c1ccccc1)CC2. The molecule has 2 aromatic rings. The Balaban J connectivity index is 1.33. The van der Waals surface area contributed by atoms with Crippen molar-refractivity contribution >= 4 is 15.9 Å². The third kappa shape index (κ3) is 3.37. The molecule has 2 atom stereocenters. The van der Waals surface area contributed by atoms with E-state index >= 15 is 0 Å². The van der Waals surface area contributed by atoms with Gasteiger partial charge in [-0.1, -0.05) is 24.3 Å². The average molecular weight is 441 g/mol. The molecule has 3 saturated heterocycles. The number of amides is 1. The third-order valence-corrected chi connectivity index (χ3v) is 9.41. The van der Waals surface area contributed by atoms with Crippen LogP contribution in [0.15, 0.2) is 59.8 Å². The molecule has 0 aliphatic carbocycles. The fraction of sp³-hybridized carbons (Fsp3) is 0.478. The molecule has 4 heterocycles. The first-order chi connectivity index (χ1) is 14.9. The second-order valence-electron chi connectivity index (χ2n) is 8.99. The van der Waals surface area contributed by atoms with Gasteiger partial charge in [-0.3, -0.25) is 14.7 Å². The van der Waals surface area contributed by atoms with Gasteiger partial charge in [-0.2, -0.15) is 4.31 Å². The molecule has 1 aromatic carbocycles. The first-order valence-corrected chi connectivity index (χ1v) is 12.3. The molecule has 1 spiro atoms. The number of aromatic nitrogens is 1. The fourth-order valence-electron chi connectivity index (χ4n) is 5.84. The molecular formula is C23H28N4O3S. The van der Waals surface area contributed by atoms with Crippen molar-refractivity contribution in [3.63, 3.8) is 0 Å². The molecule has 0 saturated carbocycles. The average Bonchev–Trinajstić information content (AvgIpc) is 3.30. The molecular weight excluding hydrogens is 412 g/mol. The minimum Gasteiger partial charge on any atom is -0.339 e. The van der Waals surface area contributed by atoms with Crippen LogP contribution in [0, 0.1) is 11.8 Å². The Labute approximate surface area is 183 Å². The minimum absolute atomic E-state index is 0.000970. The zero-order valence-electron chi connectivity index (χ0n) is 17.7. The number of piperidine rings is 1. The number of nitrogens with zero attached hydrogens (tertiary/aromatic N) is 4. The number of sulfonamides is 1. The van der Waals surface area contributed by atoms with Crippen molar-refractivity contribution in [1.82, 2.24) is 19.1 Å². The van der Waals surface area contributed by atoms with Crippen LogP contribution in [0.2, 0.25) is 0 Å². The van der Waals surface area contributed by atoms with Crippen molar-refractivity contribution in [1.29, 1.82) is 0 Å². The van der Waals surface area contributed by atoms with Crippen LogP contribution in [-0.2, 0) is 21.4 Å². The highest BCUT2D eigenvalue weighted by molar-refractivity contribution is 7.89. The molecule has 3 aliphatic rings. The van der Waals surface area contributed by atoms with Crippen LogP contribution in [0.1, 0.15) is 18.4 Å². The standard InChI is InChI=1S/C23H28N4O3S/c1-25-22(28)20-16-26(15-18-6-5-11-24-14-18)17-21(20)23(25)9-12-27(13-10-23)31(29,30)19-7-3-2-4-8-19/h2-8,11,14,20-21H,9-10,12-13,15-17H2,1H3/t20-,21+/m0/s1. The van der Waals surface area contributed by atoms with E-state index in [-0.39, 0.29) is 23.3 Å². The van der Waals surface area contributed by atoms with Gasteiger partial charge in [-0.25, -0.2) is 8.42 Å². The normalized spacial score (nSPS) is 26.5. The number of rotatable bonds is 4. The molecule has 0 radical (unpaired) electrons. The van der Waals surface area contributed by atoms with E-state index in [1.165, 1.54) is 0 Å². The van der Waals surface area contributed by atoms with Gasteiger partial charge in [0.05, 0.1) is 10.8 Å². The Morgan fingerprint density at radius 2 is 1.81 bits per heavy atom. The van der Waals surface area contributed by atoms with Crippen LogP contribution in [0.25, 0.3) is 0 Å². The lowest BCUT2D eigenvalue weighted by Gasteiger charge is -2.46. The Morgan fingerprint density at radius 3 is 2.48 bits per heavy atom. The Bertz CT molecular complexity index is 1050. The fourth-order valence-corrected chi connectivity index (χ4v) is 7.30. The van der Waals surface area contributed by atoms with Crippen LogP contribution < -0.4 is 0 Å². The van der Waals surface area contributed by atoms with Gasteiger partial charge in [-0.05, 0) is 36.6 Å². The van der Waals surface area contributed by atoms with E-state index in [1.807, 2.05) is 30.3 Å². The smallest absolute Gasteiger partial charge is 0.243 e. The second kappa shape index (κ2) is 7.69. The van der Waals surface area contributed by atoms with Crippen LogP contribution in [0.4, 0.5) is 0 Å². The van der Waals surface area contributed by atoms with Crippen molar-refractivity contribution in [2.45, 2.75) is 29.8 Å². The van der Waals surface area contributed by atoms with E-state index in [0.29, 0.717) is 30.8 Å². The Hall–Kier alpha value is -2.29. The van der Waals surface area contributed by atoms with E-state index in [1.54, 1.807) is 34.8 Å². The first-order valence-electron chi connectivity index (χ1n) is 10.9. The lowest BCUT2D eigenvalue weighted by molar-refractivity contribution is -0.133. The molecule has 1 aromatic heterocycles. The summed E-state index contributed by atoms with van der Waals surface area (Å²) in [5.74, 6) is 0.445. The van der Waals surface area contributed by atoms with E-state index in [2.05, 4.69) is 16.0 Å². The molecule has 164 valence electrons. The van der Waals surface area contributed by atoms with E-state index in [0.717, 1.165) is 25.2 Å². The summed E-state index contributed by atoms with van der Waals surface area (Å²) in [6, 6.07) is 12.6. The maximum atomic E-state index is 13.1. The molecule has 5 rings (SSSR count). The number of carbonyl (C=O) groups excluding carboxylic acids is 1. The van der Waals surface area contributed by atoms with Crippen LogP contribution in [-0.4, -0.2) is 72.2 Å². The lowest BCUT2D eigenvalue weighted by atomic mass is 9.75. The highest BCUT2D eigenvalue weighted by Crippen LogP contribution is 2.49. The van der Waals surface area contributed by atoms with E-state index in [9.17, 15) is 13.2 Å². The van der Waals surface area contributed by atoms with E-state index in [4.69, 9.17) is 0 Å². The predicted octanol–water partition coefficient (Wildman–Crippen LogP) is 1.83. The number of hydrogen-bond donors (Lipinski definition) is 0. The van der Waals surface area contributed by atoms with Gasteiger partial charge in [0.25, 0.3) is 0 Å². The van der Waals surface area contributed by atoms with Gasteiger partial charge in [-0.15, -0.1) is 0 Å². The van der Waals surface area contributed by atoms with Gasteiger partial charge in [0.2, 0.25) is 15.9 Å². The van der Waals surface area contributed by atoms with Crippen LogP contribution >= 0.6 is 0 Å². The first kappa shape index (κ1) is 20.6. The molecule has 31 heavy (non-hydrogen) atoms. The van der Waals surface area contributed by atoms with Crippen molar-refractivity contribution in [3.8, 4) is 0 Å². The summed E-state index contributed by atoms with van der Waals surface area (Å²) in [6.07, 6.45) is 5.02. The number of benzene rings is 1. The summed E-state index contributed by atoms with van der Waals surface area (Å²) in [7, 11) is -1.59. The minimum atomic E-state index is -3.50. The predicted molar refractivity (Wildman–Crippen MR) is 116 cm³/mol. The number of likely N-dealkylation sites (tertiary alicyclic amines) is 2. The van der Waals surface area contributed by atoms with Gasteiger partial charge in [0.1, 0.15) is 0 Å². The molecule has 7 nitrogen and oxygen atoms in total. The highest BCUT2D eigenvalue weighted by atomic mass is 32.2. The number of pyridine rings is 1. The van der Waals surface area contributed by atoms with E-state index < -0.39 is 10.0 Å². The summed E-state index contributed by atoms with van der Waals surface area (Å²) in [6.45, 7) is 3.31. The van der Waals surface area contributed by atoms with Gasteiger partial charge in [0.15, 0.2) is 0 Å². The Morgan fingerprint density at radius 1 is 1.06 bits per heavy atom. The summed E-state index contributed by atoms with van der Waals surface area (Å²) < 4.78 is 27.7. The summed E-state index contributed by atoms with van der Waals surface area (Å²) >= 11 is 0.